The van der Waals surface area contributed by atoms with E-state index in [2.05, 4.69) is 39.2 Å². The molecule has 1 unspecified atom stereocenters. The van der Waals surface area contributed by atoms with E-state index in [0.717, 1.165) is 19.9 Å². The minimum absolute atomic E-state index is 0.0478. The Kier molecular flexibility index (Phi) is 22.7. The van der Waals surface area contributed by atoms with Gasteiger partial charge in [-0.3, -0.25) is 29.7 Å². The van der Waals surface area contributed by atoms with Gasteiger partial charge in [0.25, 0.3) is 21.8 Å². The van der Waals surface area contributed by atoms with Crippen molar-refractivity contribution in [1.29, 1.82) is 0 Å². The van der Waals surface area contributed by atoms with Crippen LogP contribution in [0.25, 0.3) is 6.08 Å². The maximum atomic E-state index is 12.7. The molecule has 3 aromatic rings. The van der Waals surface area contributed by atoms with Gasteiger partial charge in [0.05, 0.1) is 64.2 Å². The number of hydrogen-bond acceptors (Lipinski definition) is 17. The molecule has 0 bridgehead atoms. The SMILES string of the molecule is CCOC(=O)/C(Cl)=C/c1cc(N2C(=O)C3=C(CCCC3)C2=O)ccc1Cl.COc1cc(OC)nc(NC(=O)NS(=O)(=O)c2c(C(=O)O)c(Cl)nn2C)n1.C[S+](C)C.O=C(O)CNCP(=O)([O-])O. The van der Waals surface area contributed by atoms with Crippen molar-refractivity contribution in [2.45, 2.75) is 37.6 Å². The lowest BCUT2D eigenvalue weighted by Gasteiger charge is -2.16. The summed E-state index contributed by atoms with van der Waals surface area (Å²) in [6.45, 7) is 1.40. The summed E-state index contributed by atoms with van der Waals surface area (Å²) in [5.74, 6) is -4.25. The Balaban J connectivity index is 0.000000360. The first-order chi connectivity index (χ1) is 31.2. The zero-order valence-corrected chi connectivity index (χ0v) is 41.4. The number of carbonyl (C=O) groups is 6. The molecule has 0 saturated heterocycles. The third kappa shape index (κ3) is 18.0. The van der Waals surface area contributed by atoms with Gasteiger partial charge in [0, 0.05) is 23.2 Å². The van der Waals surface area contributed by atoms with E-state index in [-0.39, 0.29) is 41.2 Å². The summed E-state index contributed by atoms with van der Waals surface area (Å²) >= 11 is 17.8. The lowest BCUT2D eigenvalue weighted by molar-refractivity contribution is -0.193. The molecule has 1 atom stereocenters. The van der Waals surface area contributed by atoms with Gasteiger partial charge in [0.15, 0.2) is 10.2 Å². The molecule has 67 heavy (non-hydrogen) atoms. The van der Waals surface area contributed by atoms with Gasteiger partial charge >= 0.3 is 23.9 Å². The Hall–Kier alpha value is -5.31. The van der Waals surface area contributed by atoms with Gasteiger partial charge in [0.2, 0.25) is 17.7 Å². The van der Waals surface area contributed by atoms with Crippen molar-refractivity contribution in [2.75, 3.05) is 62.6 Å². The van der Waals surface area contributed by atoms with Crippen molar-refractivity contribution in [3.05, 3.63) is 61.7 Å². The van der Waals surface area contributed by atoms with Crippen molar-refractivity contribution >= 4 is 117 Å². The number of nitrogens with one attached hydrogen (secondary N) is 3. The number of carboxylic acid groups (broad SMARTS) is 2. The fraction of sp³-hybridized carbons (Fsp3) is 0.378. The number of halogens is 3. The summed E-state index contributed by atoms with van der Waals surface area (Å²) in [5, 5.41) is 23.6. The lowest BCUT2D eigenvalue weighted by Crippen LogP contribution is -2.36. The largest absolute Gasteiger partial charge is 0.778 e. The van der Waals surface area contributed by atoms with Gasteiger partial charge in [-0.25, -0.2) is 24.0 Å². The average molecular weight is 1060 g/mol. The van der Waals surface area contributed by atoms with Crippen LogP contribution in [0, 0.1) is 0 Å². The van der Waals surface area contributed by atoms with Crippen LogP contribution in [-0.4, -0.2) is 131 Å². The number of aliphatic carboxylic acids is 1. The Morgan fingerprint density at radius 1 is 0.985 bits per heavy atom. The molecule has 0 spiro atoms. The second kappa shape index (κ2) is 26.3. The predicted molar refractivity (Wildman–Crippen MR) is 245 cm³/mol. The summed E-state index contributed by atoms with van der Waals surface area (Å²) in [7, 11) is -4.57. The number of benzene rings is 1. The number of aryl methyl sites for hydroxylation is 1. The molecule has 4 amide bonds. The van der Waals surface area contributed by atoms with Crippen LogP contribution in [0.4, 0.5) is 16.4 Å². The maximum absolute atomic E-state index is 12.7. The van der Waals surface area contributed by atoms with Crippen molar-refractivity contribution in [3.8, 4) is 11.8 Å². The molecule has 2 aliphatic rings. The topological polar surface area (TPSA) is 348 Å². The fourth-order valence-electron chi connectivity index (χ4n) is 5.39. The highest BCUT2D eigenvalue weighted by Gasteiger charge is 2.40. The van der Waals surface area contributed by atoms with Crippen molar-refractivity contribution in [1.82, 2.24) is 29.8 Å². The smallest absolute Gasteiger partial charge is 0.349 e. The number of esters is 1. The van der Waals surface area contributed by atoms with E-state index < -0.39 is 70.1 Å². The number of sulfonamides is 1. The molecule has 24 nitrogen and oxygen atoms in total. The molecular weight excluding hydrogens is 1010 g/mol. The summed E-state index contributed by atoms with van der Waals surface area (Å²) in [6, 6.07) is 4.80. The van der Waals surface area contributed by atoms with Crippen molar-refractivity contribution in [2.24, 2.45) is 7.05 Å². The molecule has 0 fully saturated rings. The molecule has 1 aliphatic carbocycles. The van der Waals surface area contributed by atoms with E-state index in [1.807, 2.05) is 5.32 Å². The highest BCUT2D eigenvalue weighted by Crippen LogP contribution is 2.37. The van der Waals surface area contributed by atoms with Gasteiger partial charge in [0.1, 0.15) is 18.2 Å². The van der Waals surface area contributed by atoms with E-state index in [0.29, 0.717) is 55.8 Å². The first-order valence-corrected chi connectivity index (χ1v) is 25.7. The number of methoxy groups -OCH3 is 2. The number of anilines is 2. The highest BCUT2D eigenvalue weighted by atomic mass is 35.5. The summed E-state index contributed by atoms with van der Waals surface area (Å²) < 4.78 is 51.7. The molecule has 1 aliphatic heterocycles. The van der Waals surface area contributed by atoms with E-state index in [4.69, 9.17) is 64.1 Å². The maximum Gasteiger partial charge on any atom is 0.349 e. The van der Waals surface area contributed by atoms with E-state index >= 15 is 0 Å². The molecule has 0 radical (unpaired) electrons. The zero-order chi connectivity index (χ0) is 51.0. The predicted octanol–water partition coefficient (Wildman–Crippen LogP) is 2.97. The third-order valence-corrected chi connectivity index (χ3v) is 10.9. The Morgan fingerprint density at radius 3 is 1.99 bits per heavy atom. The number of hydrogen-bond donors (Lipinski definition) is 6. The molecule has 30 heteroatoms. The Morgan fingerprint density at radius 2 is 1.52 bits per heavy atom. The van der Waals surface area contributed by atoms with E-state index in [1.54, 1.807) is 29.8 Å². The molecule has 3 heterocycles. The fourth-order valence-corrected chi connectivity index (χ4v) is 7.70. The van der Waals surface area contributed by atoms with Gasteiger partial charge in [-0.15, -0.1) is 0 Å². The molecule has 368 valence electrons. The molecule has 2 aromatic heterocycles. The molecule has 5 rings (SSSR count). The summed E-state index contributed by atoms with van der Waals surface area (Å²) in [6.07, 6.45) is 10.3. The van der Waals surface area contributed by atoms with Gasteiger partial charge in [-0.1, -0.05) is 34.8 Å². The second-order valence-corrected chi connectivity index (χ2v) is 20.4. The van der Waals surface area contributed by atoms with Crippen LogP contribution < -0.4 is 34.6 Å². The standard InChI is InChI=1S/C19H17Cl2NO4.C12H13ClN6O7S.C3H8NO5P.C3H9S/c1-2-26-19(25)16(21)10-11-9-12(7-8-15(11)20)22-17(23)13-5-3-4-6-14(13)18(22)24;1-19-9(7(10(20)21)8(13)17-19)27(23,24)18-12(22)16-11-14-5(25-2)4-6(15-11)26-3;5-3(6)1-4-2-10(7,8)9;1-4(2)3/h7-10H,2-6H2,1H3;4H,1-3H3,(H,20,21)(H2,14,15,16,18,22);4H,1-2H2,(H,5,6)(H2,7,8,9);1-3H3/q;;;+1/p-1/b16-10-;;;. The van der Waals surface area contributed by atoms with Crippen LogP contribution in [-0.2, 0) is 56.4 Å². The number of carboxylic acids is 2. The van der Waals surface area contributed by atoms with Crippen LogP contribution in [0.15, 0.2) is 45.5 Å². The van der Waals surface area contributed by atoms with E-state index in [9.17, 15) is 46.6 Å². The number of nitrogens with zero attached hydrogens (tertiary/aromatic N) is 5. The second-order valence-electron chi connectivity index (χ2n) is 13.6. The Labute approximate surface area is 401 Å². The van der Waals surface area contributed by atoms with Gasteiger partial charge in [-0.2, -0.15) is 23.5 Å². The number of carbonyl (C=O) groups excluding carboxylic acids is 4. The number of urea groups is 1. The Bertz CT molecular complexity index is 2520. The summed E-state index contributed by atoms with van der Waals surface area (Å²) in [4.78, 5) is 96.8. The molecular formula is C37H46Cl3N8O16PS2. The number of amides is 4. The van der Waals surface area contributed by atoms with Crippen molar-refractivity contribution in [3.63, 3.8) is 0 Å². The van der Waals surface area contributed by atoms with Gasteiger partial charge in [-0.05, 0) is 73.3 Å². The van der Waals surface area contributed by atoms with Crippen LogP contribution >= 0.6 is 42.4 Å². The summed E-state index contributed by atoms with van der Waals surface area (Å²) in [5.41, 5.74) is 1.26. The minimum Gasteiger partial charge on any atom is -0.778 e. The zero-order valence-electron chi connectivity index (χ0n) is 36.6. The number of ether oxygens (including phenoxy) is 3. The van der Waals surface area contributed by atoms with Crippen LogP contribution in [0.2, 0.25) is 10.2 Å². The van der Waals surface area contributed by atoms with Crippen LogP contribution in [0.5, 0.6) is 11.8 Å². The van der Waals surface area contributed by atoms with E-state index in [1.165, 1.54) is 31.3 Å². The first kappa shape index (κ1) is 57.8. The van der Waals surface area contributed by atoms with Crippen molar-refractivity contribution < 1.29 is 76.0 Å². The minimum atomic E-state index is -4.64. The normalized spacial score (nSPS) is 14.2. The van der Waals surface area contributed by atoms with Gasteiger partial charge < -0.3 is 38.8 Å². The quantitative estimate of drug-likeness (QED) is 0.0444. The number of aromatic nitrogens is 4. The number of rotatable bonds is 14. The third-order valence-electron chi connectivity index (χ3n) is 7.94. The number of imide groups is 1. The molecule has 0 saturated carbocycles. The lowest BCUT2D eigenvalue weighted by atomic mass is 9.93. The first-order valence-electron chi connectivity index (χ1n) is 18.8. The van der Waals surface area contributed by atoms with Crippen LogP contribution in [0.3, 0.4) is 0 Å². The molecule has 1 aromatic carbocycles. The highest BCUT2D eigenvalue weighted by molar-refractivity contribution is 7.94. The average Bonchev–Trinajstić information content (AvgIpc) is 3.68. The molecule has 6 N–H and O–H groups in total. The number of aromatic carboxylic acids is 1. The monoisotopic (exact) mass is 1060 g/mol. The van der Waals surface area contributed by atoms with Crippen LogP contribution in [0.1, 0.15) is 48.5 Å².